The normalized spacial score (nSPS) is 11.7. The Hall–Kier alpha value is -1.04. The van der Waals surface area contributed by atoms with Gasteiger partial charge in [0.15, 0.2) is 0 Å². The van der Waals surface area contributed by atoms with Gasteiger partial charge in [-0.2, -0.15) is 0 Å². The van der Waals surface area contributed by atoms with Crippen LogP contribution in [0.15, 0.2) is 18.2 Å². The second kappa shape index (κ2) is 5.75. The van der Waals surface area contributed by atoms with Gasteiger partial charge in [-0.25, -0.2) is 4.39 Å². The van der Waals surface area contributed by atoms with E-state index in [1.165, 1.54) is 12.1 Å². The molecule has 1 nitrogen and oxygen atoms in total. The second-order valence-electron chi connectivity index (χ2n) is 3.20. The largest absolute Gasteiger partial charge is 0.300 e. The van der Waals surface area contributed by atoms with Gasteiger partial charge in [0.2, 0.25) is 0 Å². The molecule has 0 amide bonds. The Kier molecular flexibility index (Phi) is 4.61. The van der Waals surface area contributed by atoms with Gasteiger partial charge in [-0.3, -0.25) is 5.32 Å². The van der Waals surface area contributed by atoms with Gasteiger partial charge in [-0.1, -0.05) is 23.6 Å². The van der Waals surface area contributed by atoms with Gasteiger partial charge in [0.1, 0.15) is 5.82 Å². The molecule has 1 rings (SSSR count). The number of nitrogens with one attached hydrogen (secondary N) is 1. The lowest BCUT2D eigenvalue weighted by Gasteiger charge is -2.13. The van der Waals surface area contributed by atoms with Crippen LogP contribution in [-0.4, -0.2) is 6.54 Å². The van der Waals surface area contributed by atoms with Crippen LogP contribution in [0.3, 0.4) is 0 Å². The van der Waals surface area contributed by atoms with E-state index in [4.69, 9.17) is 11.6 Å². The van der Waals surface area contributed by atoms with Crippen molar-refractivity contribution in [2.45, 2.75) is 19.9 Å². The monoisotopic (exact) mass is 225 g/mol. The van der Waals surface area contributed by atoms with Crippen LogP contribution in [-0.2, 0) is 0 Å². The summed E-state index contributed by atoms with van der Waals surface area (Å²) in [6.45, 7) is 4.36. The van der Waals surface area contributed by atoms with Gasteiger partial charge >= 0.3 is 0 Å². The Morgan fingerprint density at radius 3 is 2.87 bits per heavy atom. The fourth-order valence-electron chi connectivity index (χ4n) is 1.26. The van der Waals surface area contributed by atoms with Crippen LogP contribution >= 0.6 is 11.6 Å². The zero-order valence-electron chi connectivity index (χ0n) is 8.77. The van der Waals surface area contributed by atoms with Gasteiger partial charge < -0.3 is 0 Å². The summed E-state index contributed by atoms with van der Waals surface area (Å²) >= 11 is 5.92. The molecule has 0 aliphatic rings. The third-order valence-corrected chi connectivity index (χ3v) is 2.43. The SMILES string of the molecule is CC#CCNC(C)c1ccc(F)cc1Cl. The summed E-state index contributed by atoms with van der Waals surface area (Å²) in [6.07, 6.45) is 0. The molecule has 0 spiro atoms. The summed E-state index contributed by atoms with van der Waals surface area (Å²) in [6, 6.07) is 4.49. The molecule has 0 aliphatic carbocycles. The minimum absolute atomic E-state index is 0.0685. The fourth-order valence-corrected chi connectivity index (χ4v) is 1.59. The molecular weight excluding hydrogens is 213 g/mol. The minimum atomic E-state index is -0.315. The zero-order valence-corrected chi connectivity index (χ0v) is 9.53. The molecule has 1 aromatic rings. The van der Waals surface area contributed by atoms with Gasteiger partial charge in [0, 0.05) is 11.1 Å². The molecule has 0 aromatic heterocycles. The lowest BCUT2D eigenvalue weighted by Crippen LogP contribution is -2.19. The molecule has 1 atom stereocenters. The first-order valence-corrected chi connectivity index (χ1v) is 5.11. The quantitative estimate of drug-likeness (QED) is 0.780. The van der Waals surface area contributed by atoms with E-state index in [1.54, 1.807) is 13.0 Å². The van der Waals surface area contributed by atoms with Gasteiger partial charge in [-0.15, -0.1) is 5.92 Å². The lowest BCUT2D eigenvalue weighted by molar-refractivity contribution is 0.609. The molecule has 0 heterocycles. The Morgan fingerprint density at radius 2 is 2.27 bits per heavy atom. The van der Waals surface area contributed by atoms with Crippen molar-refractivity contribution in [1.82, 2.24) is 5.32 Å². The van der Waals surface area contributed by atoms with E-state index in [0.717, 1.165) is 5.56 Å². The molecule has 0 radical (unpaired) electrons. The highest BCUT2D eigenvalue weighted by molar-refractivity contribution is 6.31. The van der Waals surface area contributed by atoms with Crippen LogP contribution in [0.2, 0.25) is 5.02 Å². The summed E-state index contributed by atoms with van der Waals surface area (Å²) in [4.78, 5) is 0. The molecule has 3 heteroatoms. The molecule has 0 bridgehead atoms. The molecule has 1 unspecified atom stereocenters. The van der Waals surface area contributed by atoms with Crippen molar-refractivity contribution in [2.75, 3.05) is 6.54 Å². The van der Waals surface area contributed by atoms with E-state index < -0.39 is 0 Å². The van der Waals surface area contributed by atoms with Crippen molar-refractivity contribution >= 4 is 11.6 Å². The second-order valence-corrected chi connectivity index (χ2v) is 3.60. The Bertz CT molecular complexity index is 392. The van der Waals surface area contributed by atoms with E-state index >= 15 is 0 Å². The first kappa shape index (κ1) is 12.0. The first-order chi connectivity index (χ1) is 7.15. The van der Waals surface area contributed by atoms with E-state index in [2.05, 4.69) is 17.2 Å². The molecule has 1 aromatic carbocycles. The maximum absolute atomic E-state index is 12.8. The van der Waals surface area contributed by atoms with E-state index in [9.17, 15) is 4.39 Å². The van der Waals surface area contributed by atoms with E-state index in [1.807, 2.05) is 6.92 Å². The van der Waals surface area contributed by atoms with Crippen LogP contribution in [0.25, 0.3) is 0 Å². The van der Waals surface area contributed by atoms with E-state index in [0.29, 0.717) is 11.6 Å². The number of rotatable bonds is 3. The highest BCUT2D eigenvalue weighted by Crippen LogP contribution is 2.23. The van der Waals surface area contributed by atoms with Crippen LogP contribution in [0.1, 0.15) is 25.5 Å². The predicted molar refractivity (Wildman–Crippen MR) is 61.3 cm³/mol. The third-order valence-electron chi connectivity index (χ3n) is 2.10. The molecule has 15 heavy (non-hydrogen) atoms. The van der Waals surface area contributed by atoms with Crippen molar-refractivity contribution in [3.63, 3.8) is 0 Å². The molecule has 0 saturated heterocycles. The smallest absolute Gasteiger partial charge is 0.124 e. The number of benzene rings is 1. The van der Waals surface area contributed by atoms with Crippen molar-refractivity contribution in [2.24, 2.45) is 0 Å². The van der Waals surface area contributed by atoms with Crippen molar-refractivity contribution in [1.29, 1.82) is 0 Å². The zero-order chi connectivity index (χ0) is 11.3. The molecule has 80 valence electrons. The van der Waals surface area contributed by atoms with E-state index in [-0.39, 0.29) is 11.9 Å². The summed E-state index contributed by atoms with van der Waals surface area (Å²) in [7, 11) is 0. The van der Waals surface area contributed by atoms with Gasteiger partial charge in [0.25, 0.3) is 0 Å². The summed E-state index contributed by atoms with van der Waals surface area (Å²) < 4.78 is 12.8. The maximum Gasteiger partial charge on any atom is 0.124 e. The average Bonchev–Trinajstić information content (AvgIpc) is 2.17. The van der Waals surface area contributed by atoms with Crippen molar-refractivity contribution < 1.29 is 4.39 Å². The van der Waals surface area contributed by atoms with Gasteiger partial charge in [-0.05, 0) is 31.5 Å². The number of hydrogen-bond acceptors (Lipinski definition) is 1. The standard InChI is InChI=1S/C12H13ClFN/c1-3-4-7-15-9(2)11-6-5-10(14)8-12(11)13/h5-6,8-9,15H,7H2,1-2H3. The Labute approximate surface area is 94.6 Å². The van der Waals surface area contributed by atoms with Crippen molar-refractivity contribution in [3.8, 4) is 11.8 Å². The van der Waals surface area contributed by atoms with Crippen LogP contribution in [0, 0.1) is 17.7 Å². The highest BCUT2D eigenvalue weighted by Gasteiger charge is 2.08. The van der Waals surface area contributed by atoms with Gasteiger partial charge in [0.05, 0.1) is 6.54 Å². The molecule has 0 saturated carbocycles. The van der Waals surface area contributed by atoms with Crippen LogP contribution in [0.4, 0.5) is 4.39 Å². The minimum Gasteiger partial charge on any atom is -0.300 e. The topological polar surface area (TPSA) is 12.0 Å². The Balaban J connectivity index is 2.71. The number of hydrogen-bond donors (Lipinski definition) is 1. The lowest BCUT2D eigenvalue weighted by atomic mass is 10.1. The number of halogens is 2. The average molecular weight is 226 g/mol. The fraction of sp³-hybridized carbons (Fsp3) is 0.333. The molecule has 0 fully saturated rings. The van der Waals surface area contributed by atoms with Crippen LogP contribution < -0.4 is 5.32 Å². The first-order valence-electron chi connectivity index (χ1n) is 4.73. The van der Waals surface area contributed by atoms with Crippen LogP contribution in [0.5, 0.6) is 0 Å². The maximum atomic E-state index is 12.8. The molecular formula is C12H13ClFN. The highest BCUT2D eigenvalue weighted by atomic mass is 35.5. The van der Waals surface area contributed by atoms with Crippen molar-refractivity contribution in [3.05, 3.63) is 34.6 Å². The Morgan fingerprint density at radius 1 is 1.53 bits per heavy atom. The summed E-state index contributed by atoms with van der Waals surface area (Å²) in [5, 5.41) is 3.62. The summed E-state index contributed by atoms with van der Waals surface area (Å²) in [5.41, 5.74) is 0.885. The predicted octanol–water partition coefficient (Wildman–Crippen LogP) is 3.15. The third kappa shape index (κ3) is 3.54. The molecule has 0 aliphatic heterocycles. The summed E-state index contributed by atoms with van der Waals surface area (Å²) in [5.74, 6) is 5.38. The molecule has 1 N–H and O–H groups in total.